The van der Waals surface area contributed by atoms with E-state index in [1.807, 2.05) is 60.7 Å². The van der Waals surface area contributed by atoms with Crippen molar-refractivity contribution in [1.82, 2.24) is 15.0 Å². The fourth-order valence-corrected chi connectivity index (χ4v) is 9.07. The van der Waals surface area contributed by atoms with Crippen molar-refractivity contribution in [3.8, 4) is 67.5 Å². The van der Waals surface area contributed by atoms with E-state index in [9.17, 15) is 0 Å². The zero-order chi connectivity index (χ0) is 38.1. The Bertz CT molecular complexity index is 3140. The molecule has 3 heteroatoms. The van der Waals surface area contributed by atoms with E-state index in [0.717, 1.165) is 22.3 Å². The molecule has 0 amide bonds. The maximum Gasteiger partial charge on any atom is 0.164 e. The molecule has 3 nitrogen and oxygen atoms in total. The fraction of sp³-hybridized carbons (Fsp3) is 0.0556. The average Bonchev–Trinajstić information content (AvgIpc) is 3.51. The summed E-state index contributed by atoms with van der Waals surface area (Å²) in [6.07, 6.45) is 0. The summed E-state index contributed by atoms with van der Waals surface area (Å²) in [6.45, 7) is 4.70. The molecule has 0 unspecified atom stereocenters. The summed E-state index contributed by atoms with van der Waals surface area (Å²) in [5.41, 5.74) is 13.0. The number of aromatic nitrogens is 3. The summed E-state index contributed by atoms with van der Waals surface area (Å²) < 4.78 is 0. The Kier molecular flexibility index (Phi) is 7.52. The van der Waals surface area contributed by atoms with Gasteiger partial charge in [-0.3, -0.25) is 0 Å². The maximum atomic E-state index is 5.05. The Hall–Kier alpha value is -7.23. The van der Waals surface area contributed by atoms with Crippen LogP contribution < -0.4 is 0 Å². The Labute approximate surface area is 332 Å². The second kappa shape index (κ2) is 12.9. The summed E-state index contributed by atoms with van der Waals surface area (Å²) in [7, 11) is 0. The first-order valence-electron chi connectivity index (χ1n) is 19.6. The lowest BCUT2D eigenvalue weighted by molar-refractivity contribution is 0.660. The number of rotatable bonds is 5. The topological polar surface area (TPSA) is 38.7 Å². The summed E-state index contributed by atoms with van der Waals surface area (Å²) >= 11 is 0. The molecule has 0 spiro atoms. The Morgan fingerprint density at radius 1 is 0.298 bits per heavy atom. The monoisotopic (exact) mass is 727 g/mol. The number of hydrogen-bond donors (Lipinski definition) is 0. The lowest BCUT2D eigenvalue weighted by atomic mass is 9.81. The largest absolute Gasteiger partial charge is 0.208 e. The van der Waals surface area contributed by atoms with Gasteiger partial charge in [0.05, 0.1) is 0 Å². The highest BCUT2D eigenvalue weighted by Gasteiger charge is 2.35. The van der Waals surface area contributed by atoms with E-state index in [4.69, 9.17) is 15.0 Å². The van der Waals surface area contributed by atoms with Crippen LogP contribution in [0.15, 0.2) is 188 Å². The van der Waals surface area contributed by atoms with Gasteiger partial charge in [-0.05, 0) is 95.0 Å². The van der Waals surface area contributed by atoms with Gasteiger partial charge in [0.2, 0.25) is 0 Å². The van der Waals surface area contributed by atoms with Gasteiger partial charge >= 0.3 is 0 Å². The first-order chi connectivity index (χ1) is 28.0. The smallest absolute Gasteiger partial charge is 0.164 e. The normalized spacial score (nSPS) is 12.9. The highest BCUT2D eigenvalue weighted by atomic mass is 15.0. The molecule has 0 aliphatic heterocycles. The van der Waals surface area contributed by atoms with Crippen molar-refractivity contribution < 1.29 is 0 Å². The SMILES string of the molecule is CC1(C)c2ccccc2-c2ccc(-c3ccc4c(c3)c3ccccc3c3cccc(-c5cccc(-c6nc(-c7ccccc7)nc(-c7ccccc7)n6)c5)c34)cc21. The van der Waals surface area contributed by atoms with Crippen LogP contribution in [-0.4, -0.2) is 15.0 Å². The Morgan fingerprint density at radius 2 is 0.789 bits per heavy atom. The molecule has 0 saturated carbocycles. The average molecular weight is 728 g/mol. The molecule has 268 valence electrons. The Morgan fingerprint density at radius 3 is 1.53 bits per heavy atom. The summed E-state index contributed by atoms with van der Waals surface area (Å²) in [4.78, 5) is 15.0. The van der Waals surface area contributed by atoms with Gasteiger partial charge in [-0.1, -0.05) is 184 Å². The van der Waals surface area contributed by atoms with E-state index in [-0.39, 0.29) is 5.41 Å². The van der Waals surface area contributed by atoms with Gasteiger partial charge in [-0.15, -0.1) is 0 Å². The van der Waals surface area contributed by atoms with E-state index in [2.05, 4.69) is 141 Å². The van der Waals surface area contributed by atoms with Gasteiger partial charge in [-0.2, -0.15) is 0 Å². The molecule has 1 heterocycles. The maximum absolute atomic E-state index is 5.05. The molecule has 1 aromatic heterocycles. The third-order valence-electron chi connectivity index (χ3n) is 11.9. The molecule has 0 saturated heterocycles. The first-order valence-corrected chi connectivity index (χ1v) is 19.6. The third kappa shape index (κ3) is 5.38. The summed E-state index contributed by atoms with van der Waals surface area (Å²) in [5.74, 6) is 1.95. The minimum atomic E-state index is -0.0569. The number of benzene rings is 9. The van der Waals surface area contributed by atoms with Crippen molar-refractivity contribution in [2.75, 3.05) is 0 Å². The lowest BCUT2D eigenvalue weighted by Crippen LogP contribution is -2.14. The lowest BCUT2D eigenvalue weighted by Gasteiger charge is -2.22. The van der Waals surface area contributed by atoms with Crippen LogP contribution in [0.3, 0.4) is 0 Å². The van der Waals surface area contributed by atoms with E-state index in [1.54, 1.807) is 0 Å². The van der Waals surface area contributed by atoms with Gasteiger partial charge in [0.15, 0.2) is 17.5 Å². The van der Waals surface area contributed by atoms with E-state index in [0.29, 0.717) is 17.5 Å². The van der Waals surface area contributed by atoms with Crippen molar-refractivity contribution in [3.05, 3.63) is 199 Å². The molecule has 0 radical (unpaired) electrons. The second-order valence-corrected chi connectivity index (χ2v) is 15.6. The van der Waals surface area contributed by atoms with Gasteiger partial charge in [0.25, 0.3) is 0 Å². The van der Waals surface area contributed by atoms with E-state index >= 15 is 0 Å². The molecule has 10 aromatic rings. The highest BCUT2D eigenvalue weighted by molar-refractivity contribution is 6.28. The highest BCUT2D eigenvalue weighted by Crippen LogP contribution is 2.50. The molecule has 11 rings (SSSR count). The molecule has 0 atom stereocenters. The van der Waals surface area contributed by atoms with Crippen LogP contribution in [0.2, 0.25) is 0 Å². The summed E-state index contributed by atoms with van der Waals surface area (Å²) in [5, 5.41) is 7.47. The molecular weight excluding hydrogens is 691 g/mol. The molecule has 57 heavy (non-hydrogen) atoms. The van der Waals surface area contributed by atoms with Gasteiger partial charge < -0.3 is 0 Å². The molecular formula is C54H37N3. The van der Waals surface area contributed by atoms with Crippen molar-refractivity contribution in [3.63, 3.8) is 0 Å². The van der Waals surface area contributed by atoms with Crippen LogP contribution in [0.5, 0.6) is 0 Å². The van der Waals surface area contributed by atoms with Crippen molar-refractivity contribution >= 4 is 32.3 Å². The number of hydrogen-bond acceptors (Lipinski definition) is 3. The van der Waals surface area contributed by atoms with Crippen molar-refractivity contribution in [1.29, 1.82) is 0 Å². The van der Waals surface area contributed by atoms with Crippen molar-refractivity contribution in [2.45, 2.75) is 19.3 Å². The zero-order valence-corrected chi connectivity index (χ0v) is 31.7. The van der Waals surface area contributed by atoms with Gasteiger partial charge in [0.1, 0.15) is 0 Å². The predicted octanol–water partition coefficient (Wildman–Crippen LogP) is 14.0. The van der Waals surface area contributed by atoms with Crippen molar-refractivity contribution in [2.24, 2.45) is 0 Å². The molecule has 9 aromatic carbocycles. The minimum Gasteiger partial charge on any atom is -0.208 e. The van der Waals surface area contributed by atoms with Gasteiger partial charge in [-0.25, -0.2) is 15.0 Å². The number of nitrogens with zero attached hydrogens (tertiary/aromatic N) is 3. The van der Waals surface area contributed by atoms with Crippen LogP contribution in [0.4, 0.5) is 0 Å². The molecule has 0 bridgehead atoms. The molecule has 1 aliphatic rings. The fourth-order valence-electron chi connectivity index (χ4n) is 9.07. The van der Waals surface area contributed by atoms with Crippen LogP contribution in [-0.2, 0) is 5.41 Å². The zero-order valence-electron chi connectivity index (χ0n) is 31.7. The Balaban J connectivity index is 1.08. The van der Waals surface area contributed by atoms with Gasteiger partial charge in [0, 0.05) is 22.1 Å². The molecule has 1 aliphatic carbocycles. The van der Waals surface area contributed by atoms with Crippen LogP contribution >= 0.6 is 0 Å². The standard InChI is InChI=1S/C54H37N3/c1-54(2)48-26-12-11-23-43(48)44-29-27-37(33-49(44)54)36-28-30-46-47(32-36)42-22-10-9-21-41(42)45-25-14-24-40(50(45)46)38-19-13-20-39(31-38)53-56-51(34-15-5-3-6-16-34)55-52(57-53)35-17-7-4-8-18-35/h3-33H,1-2H3. The first kappa shape index (κ1) is 33.1. The van der Waals surface area contributed by atoms with Crippen LogP contribution in [0.1, 0.15) is 25.0 Å². The van der Waals surface area contributed by atoms with E-state index < -0.39 is 0 Å². The number of fused-ring (bicyclic) bond motifs is 9. The quantitative estimate of drug-likeness (QED) is 0.166. The van der Waals surface area contributed by atoms with E-state index in [1.165, 1.54) is 71.3 Å². The second-order valence-electron chi connectivity index (χ2n) is 15.6. The van der Waals surface area contributed by atoms with Crippen LogP contribution in [0.25, 0.3) is 99.9 Å². The van der Waals surface area contributed by atoms with Crippen LogP contribution in [0, 0.1) is 0 Å². The summed E-state index contributed by atoms with van der Waals surface area (Å²) in [6, 6.07) is 67.4. The molecule has 0 N–H and O–H groups in total. The third-order valence-corrected chi connectivity index (χ3v) is 11.9. The molecule has 0 fully saturated rings. The minimum absolute atomic E-state index is 0.0569. The predicted molar refractivity (Wildman–Crippen MR) is 237 cm³/mol.